The molecule has 1 saturated heterocycles. The van der Waals surface area contributed by atoms with Crippen LogP contribution in [0.15, 0.2) is 18.5 Å². The van der Waals surface area contributed by atoms with Crippen molar-refractivity contribution in [3.05, 3.63) is 29.6 Å². The fraction of sp³-hybridized carbons (Fsp3) is 0.667. The molecule has 1 aliphatic heterocycles. The number of likely N-dealkylation sites (tertiary alicyclic amines) is 1. The van der Waals surface area contributed by atoms with E-state index >= 15 is 0 Å². The second kappa shape index (κ2) is 6.86. The predicted octanol–water partition coefficient (Wildman–Crippen LogP) is 2.35. The van der Waals surface area contributed by atoms with Gasteiger partial charge in [-0.3, -0.25) is 4.98 Å². The fourth-order valence-electron chi connectivity index (χ4n) is 2.61. The SMILES string of the molecule is CCCN1CCC(NCc2cnccc2C)CC1. The average molecular weight is 247 g/mol. The lowest BCUT2D eigenvalue weighted by Crippen LogP contribution is -2.42. The van der Waals surface area contributed by atoms with Gasteiger partial charge in [0.2, 0.25) is 0 Å². The number of piperidine rings is 1. The number of nitrogens with one attached hydrogen (secondary N) is 1. The van der Waals surface area contributed by atoms with Crippen molar-refractivity contribution >= 4 is 0 Å². The second-order valence-corrected chi connectivity index (χ2v) is 5.30. The largest absolute Gasteiger partial charge is 0.310 e. The first-order valence-corrected chi connectivity index (χ1v) is 7.15. The Hall–Kier alpha value is -0.930. The Morgan fingerprint density at radius 2 is 2.17 bits per heavy atom. The van der Waals surface area contributed by atoms with Crippen LogP contribution in [0.25, 0.3) is 0 Å². The summed E-state index contributed by atoms with van der Waals surface area (Å²) in [6.45, 7) is 9.12. The summed E-state index contributed by atoms with van der Waals surface area (Å²) in [5.74, 6) is 0. The van der Waals surface area contributed by atoms with Crippen LogP contribution in [-0.4, -0.2) is 35.6 Å². The molecule has 100 valence electrons. The highest BCUT2D eigenvalue weighted by Gasteiger charge is 2.17. The van der Waals surface area contributed by atoms with Gasteiger partial charge in [0, 0.05) is 25.0 Å². The molecule has 0 atom stereocenters. The number of hydrogen-bond acceptors (Lipinski definition) is 3. The maximum Gasteiger partial charge on any atom is 0.0315 e. The average Bonchev–Trinajstić information content (AvgIpc) is 2.40. The van der Waals surface area contributed by atoms with Gasteiger partial charge < -0.3 is 10.2 Å². The highest BCUT2D eigenvalue weighted by atomic mass is 15.1. The van der Waals surface area contributed by atoms with Crippen LogP contribution in [-0.2, 0) is 6.54 Å². The molecule has 0 bridgehead atoms. The smallest absolute Gasteiger partial charge is 0.0315 e. The van der Waals surface area contributed by atoms with E-state index in [4.69, 9.17) is 0 Å². The van der Waals surface area contributed by atoms with Crippen LogP contribution in [0.2, 0.25) is 0 Å². The van der Waals surface area contributed by atoms with Crippen LogP contribution in [0, 0.1) is 6.92 Å². The third kappa shape index (κ3) is 3.79. The molecule has 2 rings (SSSR count). The van der Waals surface area contributed by atoms with Crippen LogP contribution < -0.4 is 5.32 Å². The number of hydrogen-bond donors (Lipinski definition) is 1. The molecular weight excluding hydrogens is 222 g/mol. The maximum atomic E-state index is 4.20. The highest BCUT2D eigenvalue weighted by molar-refractivity contribution is 5.21. The minimum Gasteiger partial charge on any atom is -0.310 e. The lowest BCUT2D eigenvalue weighted by molar-refractivity contribution is 0.197. The summed E-state index contributed by atoms with van der Waals surface area (Å²) in [5.41, 5.74) is 2.66. The Kier molecular flexibility index (Phi) is 5.14. The van der Waals surface area contributed by atoms with E-state index in [9.17, 15) is 0 Å². The van der Waals surface area contributed by atoms with Crippen LogP contribution >= 0.6 is 0 Å². The van der Waals surface area contributed by atoms with Crippen molar-refractivity contribution in [2.24, 2.45) is 0 Å². The Labute approximate surface area is 111 Å². The molecule has 0 saturated carbocycles. The molecular formula is C15H25N3. The molecule has 1 aromatic rings. The van der Waals surface area contributed by atoms with E-state index in [0.717, 1.165) is 6.54 Å². The molecule has 0 spiro atoms. The zero-order chi connectivity index (χ0) is 12.8. The quantitative estimate of drug-likeness (QED) is 0.865. The predicted molar refractivity (Wildman–Crippen MR) is 75.6 cm³/mol. The van der Waals surface area contributed by atoms with Crippen LogP contribution in [0.5, 0.6) is 0 Å². The Balaban J connectivity index is 1.74. The standard InChI is InChI=1S/C15H25N3/c1-3-8-18-9-5-15(6-10-18)17-12-14-11-16-7-4-13(14)2/h4,7,11,15,17H,3,5-6,8-10,12H2,1-2H3. The molecule has 0 radical (unpaired) electrons. The third-order valence-corrected chi connectivity index (χ3v) is 3.86. The van der Waals surface area contributed by atoms with Crippen LogP contribution in [0.3, 0.4) is 0 Å². The fourth-order valence-corrected chi connectivity index (χ4v) is 2.61. The van der Waals surface area contributed by atoms with Gasteiger partial charge in [0.15, 0.2) is 0 Å². The van der Waals surface area contributed by atoms with Crippen molar-refractivity contribution in [1.29, 1.82) is 0 Å². The van der Waals surface area contributed by atoms with Gasteiger partial charge in [0.05, 0.1) is 0 Å². The van der Waals surface area contributed by atoms with Crippen molar-refractivity contribution in [2.45, 2.75) is 45.7 Å². The summed E-state index contributed by atoms with van der Waals surface area (Å²) in [6, 6.07) is 2.76. The molecule has 2 heterocycles. The van der Waals surface area contributed by atoms with Gasteiger partial charge in [-0.05, 0) is 63.0 Å². The topological polar surface area (TPSA) is 28.2 Å². The number of aromatic nitrogens is 1. The summed E-state index contributed by atoms with van der Waals surface area (Å²) in [6.07, 6.45) is 7.67. The molecule has 1 aliphatic rings. The minimum absolute atomic E-state index is 0.678. The molecule has 0 amide bonds. The summed E-state index contributed by atoms with van der Waals surface area (Å²) in [5, 5.41) is 3.67. The second-order valence-electron chi connectivity index (χ2n) is 5.30. The third-order valence-electron chi connectivity index (χ3n) is 3.86. The van der Waals surface area contributed by atoms with Crippen molar-refractivity contribution in [1.82, 2.24) is 15.2 Å². The number of nitrogens with zero attached hydrogens (tertiary/aromatic N) is 2. The van der Waals surface area contributed by atoms with Gasteiger partial charge in [-0.25, -0.2) is 0 Å². The van der Waals surface area contributed by atoms with E-state index < -0.39 is 0 Å². The van der Waals surface area contributed by atoms with Gasteiger partial charge in [0.25, 0.3) is 0 Å². The molecule has 3 nitrogen and oxygen atoms in total. The molecule has 3 heteroatoms. The van der Waals surface area contributed by atoms with E-state index in [2.05, 4.69) is 35.1 Å². The van der Waals surface area contributed by atoms with Crippen LogP contribution in [0.4, 0.5) is 0 Å². The Bertz CT molecular complexity index is 357. The van der Waals surface area contributed by atoms with E-state index in [-0.39, 0.29) is 0 Å². The van der Waals surface area contributed by atoms with Gasteiger partial charge in [-0.2, -0.15) is 0 Å². The van der Waals surface area contributed by atoms with Gasteiger partial charge in [0.1, 0.15) is 0 Å². The van der Waals surface area contributed by atoms with Gasteiger partial charge in [-0.1, -0.05) is 6.92 Å². The molecule has 0 aromatic carbocycles. The Morgan fingerprint density at radius 3 is 2.83 bits per heavy atom. The Morgan fingerprint density at radius 1 is 1.39 bits per heavy atom. The number of rotatable bonds is 5. The number of aryl methyl sites for hydroxylation is 1. The van der Waals surface area contributed by atoms with Crippen LogP contribution in [0.1, 0.15) is 37.3 Å². The summed E-state index contributed by atoms with van der Waals surface area (Å²) >= 11 is 0. The lowest BCUT2D eigenvalue weighted by Gasteiger charge is -2.32. The van der Waals surface area contributed by atoms with E-state index in [1.54, 1.807) is 0 Å². The van der Waals surface area contributed by atoms with Crippen molar-refractivity contribution in [3.63, 3.8) is 0 Å². The zero-order valence-corrected chi connectivity index (χ0v) is 11.7. The summed E-state index contributed by atoms with van der Waals surface area (Å²) in [7, 11) is 0. The minimum atomic E-state index is 0.678. The lowest BCUT2D eigenvalue weighted by atomic mass is 10.0. The van der Waals surface area contributed by atoms with E-state index in [0.29, 0.717) is 6.04 Å². The molecule has 1 aromatic heterocycles. The first-order chi connectivity index (χ1) is 8.79. The first kappa shape index (κ1) is 13.5. The van der Waals surface area contributed by atoms with E-state index in [1.807, 2.05) is 12.4 Å². The molecule has 0 aliphatic carbocycles. The van der Waals surface area contributed by atoms with Crippen molar-refractivity contribution in [2.75, 3.05) is 19.6 Å². The highest BCUT2D eigenvalue weighted by Crippen LogP contribution is 2.12. The molecule has 1 N–H and O–H groups in total. The first-order valence-electron chi connectivity index (χ1n) is 7.15. The van der Waals surface area contributed by atoms with Crippen molar-refractivity contribution < 1.29 is 0 Å². The summed E-state index contributed by atoms with van der Waals surface area (Å²) in [4.78, 5) is 6.77. The zero-order valence-electron chi connectivity index (χ0n) is 11.7. The van der Waals surface area contributed by atoms with Crippen molar-refractivity contribution in [3.8, 4) is 0 Å². The van der Waals surface area contributed by atoms with E-state index in [1.165, 1.54) is 50.0 Å². The van der Waals surface area contributed by atoms with Gasteiger partial charge in [-0.15, -0.1) is 0 Å². The molecule has 0 unspecified atom stereocenters. The molecule has 18 heavy (non-hydrogen) atoms. The molecule has 1 fully saturated rings. The van der Waals surface area contributed by atoms with Gasteiger partial charge >= 0.3 is 0 Å². The summed E-state index contributed by atoms with van der Waals surface area (Å²) < 4.78 is 0. The number of pyridine rings is 1. The normalized spacial score (nSPS) is 18.1. The maximum absolute atomic E-state index is 4.20. The monoisotopic (exact) mass is 247 g/mol.